The largest absolute Gasteiger partial charge is 0.314 e. The molecule has 2 nitrogen and oxygen atoms in total. The van der Waals surface area contributed by atoms with Crippen molar-refractivity contribution in [2.75, 3.05) is 26.2 Å². The second-order valence-electron chi connectivity index (χ2n) is 5.19. The molecule has 2 unspecified atom stereocenters. The van der Waals surface area contributed by atoms with Crippen LogP contribution in [0.5, 0.6) is 0 Å². The lowest BCUT2D eigenvalue weighted by molar-refractivity contribution is 0.177. The van der Waals surface area contributed by atoms with E-state index in [2.05, 4.69) is 31.0 Å². The van der Waals surface area contributed by atoms with Gasteiger partial charge in [-0.2, -0.15) is 0 Å². The van der Waals surface area contributed by atoms with Crippen molar-refractivity contribution in [2.45, 2.75) is 52.5 Å². The van der Waals surface area contributed by atoms with E-state index in [0.29, 0.717) is 6.04 Å². The number of rotatable bonds is 6. The molecule has 0 amide bonds. The van der Waals surface area contributed by atoms with Crippen LogP contribution in [0.4, 0.5) is 0 Å². The zero-order valence-corrected chi connectivity index (χ0v) is 10.8. The summed E-state index contributed by atoms with van der Waals surface area (Å²) in [5.74, 6) is 0.914. The smallest absolute Gasteiger partial charge is 0.00508 e. The van der Waals surface area contributed by atoms with Gasteiger partial charge in [0.25, 0.3) is 0 Å². The van der Waals surface area contributed by atoms with E-state index in [9.17, 15) is 0 Å². The minimum atomic E-state index is 0.683. The molecular weight excluding hydrogens is 184 g/mol. The van der Waals surface area contributed by atoms with Crippen molar-refractivity contribution < 1.29 is 0 Å². The topological polar surface area (TPSA) is 15.3 Å². The fraction of sp³-hybridized carbons (Fsp3) is 1.00. The third-order valence-corrected chi connectivity index (χ3v) is 3.36. The minimum Gasteiger partial charge on any atom is -0.314 e. The lowest BCUT2D eigenvalue weighted by atomic mass is 10.00. The third-order valence-electron chi connectivity index (χ3n) is 3.36. The summed E-state index contributed by atoms with van der Waals surface area (Å²) in [6.07, 6.45) is 5.37. The standard InChI is InChI=1S/C13H28N2/c1-4-8-14-13(3)7-10-15-9-5-6-12(2)11-15/h12-14H,4-11H2,1-3H3. The molecule has 0 aromatic carbocycles. The maximum Gasteiger partial charge on any atom is 0.00508 e. The highest BCUT2D eigenvalue weighted by Gasteiger charge is 2.16. The Morgan fingerprint density at radius 1 is 1.47 bits per heavy atom. The molecule has 0 spiro atoms. The van der Waals surface area contributed by atoms with Crippen molar-refractivity contribution in [1.29, 1.82) is 0 Å². The Morgan fingerprint density at radius 3 is 2.93 bits per heavy atom. The van der Waals surface area contributed by atoms with Gasteiger partial charge >= 0.3 is 0 Å². The molecule has 0 aromatic rings. The Labute approximate surface area is 95.4 Å². The molecular formula is C13H28N2. The van der Waals surface area contributed by atoms with Gasteiger partial charge in [-0.3, -0.25) is 0 Å². The summed E-state index contributed by atoms with van der Waals surface area (Å²) in [6.45, 7) is 12.0. The van der Waals surface area contributed by atoms with Crippen molar-refractivity contribution >= 4 is 0 Å². The number of nitrogens with one attached hydrogen (secondary N) is 1. The summed E-state index contributed by atoms with van der Waals surface area (Å²) in [5, 5.41) is 3.56. The fourth-order valence-electron chi connectivity index (χ4n) is 2.36. The Balaban J connectivity index is 2.07. The zero-order valence-electron chi connectivity index (χ0n) is 10.8. The predicted octanol–water partition coefficient (Wildman–Crippen LogP) is 2.50. The average molecular weight is 212 g/mol. The van der Waals surface area contributed by atoms with E-state index in [1.807, 2.05) is 0 Å². The molecule has 1 aliphatic heterocycles. The van der Waals surface area contributed by atoms with E-state index in [-0.39, 0.29) is 0 Å². The third kappa shape index (κ3) is 5.53. The van der Waals surface area contributed by atoms with Gasteiger partial charge in [0, 0.05) is 12.6 Å². The molecule has 90 valence electrons. The molecule has 1 saturated heterocycles. The van der Waals surface area contributed by atoms with Crippen LogP contribution in [0.25, 0.3) is 0 Å². The normalized spacial score (nSPS) is 25.4. The number of hydrogen-bond donors (Lipinski definition) is 1. The van der Waals surface area contributed by atoms with Crippen molar-refractivity contribution in [3.8, 4) is 0 Å². The van der Waals surface area contributed by atoms with Crippen LogP contribution in [0.3, 0.4) is 0 Å². The Morgan fingerprint density at radius 2 is 2.27 bits per heavy atom. The Hall–Kier alpha value is -0.0800. The van der Waals surface area contributed by atoms with E-state index in [1.165, 1.54) is 45.3 Å². The van der Waals surface area contributed by atoms with Crippen molar-refractivity contribution in [1.82, 2.24) is 10.2 Å². The molecule has 15 heavy (non-hydrogen) atoms. The van der Waals surface area contributed by atoms with Crippen LogP contribution in [0.1, 0.15) is 46.5 Å². The van der Waals surface area contributed by atoms with Crippen LogP contribution in [0.2, 0.25) is 0 Å². The van der Waals surface area contributed by atoms with E-state index in [0.717, 1.165) is 12.5 Å². The van der Waals surface area contributed by atoms with Crippen LogP contribution in [-0.2, 0) is 0 Å². The molecule has 0 radical (unpaired) electrons. The molecule has 1 heterocycles. The van der Waals surface area contributed by atoms with Gasteiger partial charge < -0.3 is 10.2 Å². The maximum absolute atomic E-state index is 3.56. The van der Waals surface area contributed by atoms with Crippen molar-refractivity contribution in [3.05, 3.63) is 0 Å². The summed E-state index contributed by atoms with van der Waals surface area (Å²) >= 11 is 0. The molecule has 0 aromatic heterocycles. The molecule has 1 N–H and O–H groups in total. The summed E-state index contributed by atoms with van der Waals surface area (Å²) in [6, 6.07) is 0.683. The first-order valence-electron chi connectivity index (χ1n) is 6.68. The maximum atomic E-state index is 3.56. The molecule has 0 aliphatic carbocycles. The van der Waals surface area contributed by atoms with Crippen LogP contribution >= 0.6 is 0 Å². The predicted molar refractivity (Wildman–Crippen MR) is 67.2 cm³/mol. The lowest BCUT2D eigenvalue weighted by Gasteiger charge is -2.31. The molecule has 2 heteroatoms. The van der Waals surface area contributed by atoms with Gasteiger partial charge in [-0.15, -0.1) is 0 Å². The molecule has 2 atom stereocenters. The van der Waals surface area contributed by atoms with Crippen molar-refractivity contribution in [3.63, 3.8) is 0 Å². The second-order valence-corrected chi connectivity index (χ2v) is 5.19. The van der Waals surface area contributed by atoms with Gasteiger partial charge in [-0.05, 0) is 58.2 Å². The second kappa shape index (κ2) is 7.24. The summed E-state index contributed by atoms with van der Waals surface area (Å²) in [4.78, 5) is 2.64. The number of likely N-dealkylation sites (tertiary alicyclic amines) is 1. The van der Waals surface area contributed by atoms with Gasteiger partial charge in [0.2, 0.25) is 0 Å². The highest BCUT2D eigenvalue weighted by molar-refractivity contribution is 4.71. The van der Waals surface area contributed by atoms with Gasteiger partial charge in [0.1, 0.15) is 0 Å². The first-order valence-corrected chi connectivity index (χ1v) is 6.68. The first-order chi connectivity index (χ1) is 7.22. The van der Waals surface area contributed by atoms with Crippen LogP contribution < -0.4 is 5.32 Å². The summed E-state index contributed by atoms with van der Waals surface area (Å²) < 4.78 is 0. The van der Waals surface area contributed by atoms with Crippen molar-refractivity contribution in [2.24, 2.45) is 5.92 Å². The highest BCUT2D eigenvalue weighted by atomic mass is 15.1. The van der Waals surface area contributed by atoms with Crippen LogP contribution in [0.15, 0.2) is 0 Å². The van der Waals surface area contributed by atoms with Crippen LogP contribution in [-0.4, -0.2) is 37.1 Å². The quantitative estimate of drug-likeness (QED) is 0.728. The molecule has 1 aliphatic rings. The molecule has 0 saturated carbocycles. The minimum absolute atomic E-state index is 0.683. The highest BCUT2D eigenvalue weighted by Crippen LogP contribution is 2.15. The van der Waals surface area contributed by atoms with Gasteiger partial charge in [-0.25, -0.2) is 0 Å². The zero-order chi connectivity index (χ0) is 11.1. The van der Waals surface area contributed by atoms with E-state index in [4.69, 9.17) is 0 Å². The summed E-state index contributed by atoms with van der Waals surface area (Å²) in [7, 11) is 0. The van der Waals surface area contributed by atoms with E-state index < -0.39 is 0 Å². The lowest BCUT2D eigenvalue weighted by Crippen LogP contribution is -2.38. The van der Waals surface area contributed by atoms with E-state index in [1.54, 1.807) is 0 Å². The molecule has 1 fully saturated rings. The molecule has 0 bridgehead atoms. The monoisotopic (exact) mass is 212 g/mol. The first kappa shape index (κ1) is 13.0. The van der Waals surface area contributed by atoms with Crippen LogP contribution in [0, 0.1) is 5.92 Å². The van der Waals surface area contributed by atoms with Gasteiger partial charge in [0.05, 0.1) is 0 Å². The number of piperidine rings is 1. The number of nitrogens with zero attached hydrogens (tertiary/aromatic N) is 1. The summed E-state index contributed by atoms with van der Waals surface area (Å²) in [5.41, 5.74) is 0. The fourth-order valence-corrected chi connectivity index (χ4v) is 2.36. The van der Waals surface area contributed by atoms with Gasteiger partial charge in [0.15, 0.2) is 0 Å². The molecule has 1 rings (SSSR count). The SMILES string of the molecule is CCCNC(C)CCN1CCCC(C)C1. The number of hydrogen-bond acceptors (Lipinski definition) is 2. The van der Waals surface area contributed by atoms with Gasteiger partial charge in [-0.1, -0.05) is 13.8 Å². The van der Waals surface area contributed by atoms with E-state index >= 15 is 0 Å². The Bertz CT molecular complexity index is 159. The Kier molecular flexibility index (Phi) is 6.26. The average Bonchev–Trinajstić information content (AvgIpc) is 2.23.